The van der Waals surface area contributed by atoms with Crippen LogP contribution in [0.5, 0.6) is 0 Å². The van der Waals surface area contributed by atoms with Gasteiger partial charge < -0.3 is 4.98 Å². The number of aromatic amines is 1. The van der Waals surface area contributed by atoms with Crippen LogP contribution in [0.2, 0.25) is 0 Å². The summed E-state index contributed by atoms with van der Waals surface area (Å²) in [6, 6.07) is 11.5. The summed E-state index contributed by atoms with van der Waals surface area (Å²) in [5, 5.41) is 0.879. The molecule has 3 rings (SSSR count). The number of hydrogen-bond donors (Lipinski definition) is 1. The predicted molar refractivity (Wildman–Crippen MR) is 78.3 cm³/mol. The monoisotopic (exact) mass is 314 g/mol. The standard InChI is InChI=1S/C15H11BrN2O/c16-11-5-3-10(4-6-11)8-14(19)13-9-18-15-12(13)2-1-7-17-15/h1-7,9H,8H2,(H,17,18). The van der Waals surface area contributed by atoms with Crippen LogP contribution in [0.25, 0.3) is 11.0 Å². The van der Waals surface area contributed by atoms with E-state index < -0.39 is 0 Å². The van der Waals surface area contributed by atoms with Crippen molar-refractivity contribution in [3.63, 3.8) is 0 Å². The average molecular weight is 315 g/mol. The largest absolute Gasteiger partial charge is 0.345 e. The Morgan fingerprint density at radius 1 is 1.21 bits per heavy atom. The van der Waals surface area contributed by atoms with Crippen molar-refractivity contribution in [2.75, 3.05) is 0 Å². The van der Waals surface area contributed by atoms with Crippen molar-refractivity contribution in [3.05, 3.63) is 64.4 Å². The lowest BCUT2D eigenvalue weighted by atomic mass is 10.0. The molecule has 2 aromatic heterocycles. The number of carbonyl (C=O) groups is 1. The second kappa shape index (κ2) is 4.97. The van der Waals surface area contributed by atoms with Gasteiger partial charge in [0.1, 0.15) is 5.65 Å². The molecule has 0 unspecified atom stereocenters. The molecular formula is C15H11BrN2O. The summed E-state index contributed by atoms with van der Waals surface area (Å²) in [5.41, 5.74) is 2.46. The Morgan fingerprint density at radius 3 is 2.79 bits per heavy atom. The number of Topliss-reactive ketones (excluding diaryl/α,β-unsaturated/α-hetero) is 1. The average Bonchev–Trinajstić information content (AvgIpc) is 2.85. The Labute approximate surface area is 118 Å². The minimum absolute atomic E-state index is 0.0987. The van der Waals surface area contributed by atoms with E-state index in [2.05, 4.69) is 25.9 Å². The zero-order valence-electron chi connectivity index (χ0n) is 10.1. The molecule has 1 aromatic carbocycles. The maximum atomic E-state index is 12.3. The van der Waals surface area contributed by atoms with Crippen LogP contribution in [-0.2, 0) is 6.42 Å². The van der Waals surface area contributed by atoms with Crippen molar-refractivity contribution in [2.24, 2.45) is 0 Å². The molecule has 0 aliphatic carbocycles. The molecule has 0 amide bonds. The summed E-state index contributed by atoms with van der Waals surface area (Å²) in [4.78, 5) is 19.5. The number of pyridine rings is 1. The second-order valence-corrected chi connectivity index (χ2v) is 5.24. The van der Waals surface area contributed by atoms with Gasteiger partial charge in [0, 0.05) is 34.2 Å². The van der Waals surface area contributed by atoms with Crippen LogP contribution >= 0.6 is 15.9 Å². The van der Waals surface area contributed by atoms with Gasteiger partial charge in [-0.25, -0.2) is 4.98 Å². The molecule has 0 saturated heterocycles. The van der Waals surface area contributed by atoms with E-state index in [9.17, 15) is 4.79 Å². The van der Waals surface area contributed by atoms with E-state index in [-0.39, 0.29) is 5.78 Å². The molecule has 1 N–H and O–H groups in total. The first kappa shape index (κ1) is 12.1. The lowest BCUT2D eigenvalue weighted by molar-refractivity contribution is 0.0994. The predicted octanol–water partition coefficient (Wildman–Crippen LogP) is 3.75. The maximum Gasteiger partial charge on any atom is 0.169 e. The number of hydrogen-bond acceptors (Lipinski definition) is 2. The second-order valence-electron chi connectivity index (χ2n) is 4.33. The molecule has 0 bridgehead atoms. The summed E-state index contributed by atoms with van der Waals surface area (Å²) < 4.78 is 1.01. The summed E-state index contributed by atoms with van der Waals surface area (Å²) in [6.07, 6.45) is 3.84. The number of ketones is 1. The van der Waals surface area contributed by atoms with Crippen LogP contribution in [0.15, 0.2) is 53.3 Å². The fourth-order valence-electron chi connectivity index (χ4n) is 2.07. The highest BCUT2D eigenvalue weighted by molar-refractivity contribution is 9.10. The third kappa shape index (κ3) is 2.44. The van der Waals surface area contributed by atoms with Crippen molar-refractivity contribution < 1.29 is 4.79 Å². The van der Waals surface area contributed by atoms with Crippen molar-refractivity contribution in [3.8, 4) is 0 Å². The van der Waals surface area contributed by atoms with Crippen molar-refractivity contribution >= 4 is 32.7 Å². The number of carbonyl (C=O) groups excluding carboxylic acids is 1. The minimum Gasteiger partial charge on any atom is -0.345 e. The van der Waals surface area contributed by atoms with Crippen molar-refractivity contribution in [1.29, 1.82) is 0 Å². The smallest absolute Gasteiger partial charge is 0.169 e. The number of halogens is 1. The fourth-order valence-corrected chi connectivity index (χ4v) is 2.33. The topological polar surface area (TPSA) is 45.8 Å². The number of H-pyrrole nitrogens is 1. The third-order valence-corrected chi connectivity index (χ3v) is 3.56. The van der Waals surface area contributed by atoms with E-state index in [0.29, 0.717) is 12.0 Å². The van der Waals surface area contributed by atoms with Gasteiger partial charge in [0.2, 0.25) is 0 Å². The van der Waals surface area contributed by atoms with Crippen LogP contribution in [0.4, 0.5) is 0 Å². The Balaban J connectivity index is 1.90. The van der Waals surface area contributed by atoms with Crippen molar-refractivity contribution in [1.82, 2.24) is 9.97 Å². The quantitative estimate of drug-likeness (QED) is 0.748. The molecule has 0 atom stereocenters. The van der Waals surface area contributed by atoms with Crippen LogP contribution in [0, 0.1) is 0 Å². The van der Waals surface area contributed by atoms with E-state index in [0.717, 1.165) is 21.1 Å². The molecule has 3 aromatic rings. The first-order chi connectivity index (χ1) is 9.24. The summed E-state index contributed by atoms with van der Waals surface area (Å²) >= 11 is 3.38. The van der Waals surface area contributed by atoms with E-state index in [4.69, 9.17) is 0 Å². The van der Waals surface area contributed by atoms with Crippen LogP contribution in [0.3, 0.4) is 0 Å². The van der Waals surface area contributed by atoms with Gasteiger partial charge in [-0.2, -0.15) is 0 Å². The molecule has 3 nitrogen and oxygen atoms in total. The molecule has 0 saturated carbocycles. The minimum atomic E-state index is 0.0987. The lowest BCUT2D eigenvalue weighted by Crippen LogP contribution is -2.02. The summed E-state index contributed by atoms with van der Waals surface area (Å²) in [7, 11) is 0. The van der Waals surface area contributed by atoms with E-state index >= 15 is 0 Å². The normalized spacial score (nSPS) is 10.8. The van der Waals surface area contributed by atoms with Crippen LogP contribution in [0.1, 0.15) is 15.9 Å². The first-order valence-corrected chi connectivity index (χ1v) is 6.73. The molecule has 0 aliphatic rings. The summed E-state index contributed by atoms with van der Waals surface area (Å²) in [6.45, 7) is 0. The fraction of sp³-hybridized carbons (Fsp3) is 0.0667. The third-order valence-electron chi connectivity index (χ3n) is 3.03. The molecular weight excluding hydrogens is 304 g/mol. The van der Waals surface area contributed by atoms with Gasteiger partial charge in [-0.3, -0.25) is 4.79 Å². The van der Waals surface area contributed by atoms with E-state index in [1.807, 2.05) is 36.4 Å². The maximum absolute atomic E-state index is 12.3. The van der Waals surface area contributed by atoms with E-state index in [1.54, 1.807) is 12.4 Å². The Morgan fingerprint density at radius 2 is 2.00 bits per heavy atom. The Bertz CT molecular complexity index is 731. The summed E-state index contributed by atoms with van der Waals surface area (Å²) in [5.74, 6) is 0.0987. The van der Waals surface area contributed by atoms with E-state index in [1.165, 1.54) is 0 Å². The molecule has 2 heterocycles. The number of fused-ring (bicyclic) bond motifs is 1. The van der Waals surface area contributed by atoms with Crippen molar-refractivity contribution in [2.45, 2.75) is 6.42 Å². The van der Waals surface area contributed by atoms with Gasteiger partial charge in [-0.1, -0.05) is 28.1 Å². The van der Waals surface area contributed by atoms with Crippen LogP contribution < -0.4 is 0 Å². The number of nitrogens with zero attached hydrogens (tertiary/aromatic N) is 1. The van der Waals surface area contributed by atoms with Gasteiger partial charge >= 0.3 is 0 Å². The molecule has 4 heteroatoms. The first-order valence-electron chi connectivity index (χ1n) is 5.94. The van der Waals surface area contributed by atoms with Gasteiger partial charge in [0.15, 0.2) is 5.78 Å². The Kier molecular flexibility index (Phi) is 3.17. The van der Waals surface area contributed by atoms with Crippen LogP contribution in [-0.4, -0.2) is 15.8 Å². The molecule has 94 valence electrons. The van der Waals surface area contributed by atoms with Gasteiger partial charge in [0.05, 0.1) is 0 Å². The molecule has 0 radical (unpaired) electrons. The highest BCUT2D eigenvalue weighted by atomic mass is 79.9. The molecule has 0 fully saturated rings. The highest BCUT2D eigenvalue weighted by Crippen LogP contribution is 2.18. The number of rotatable bonds is 3. The molecule has 0 aliphatic heterocycles. The SMILES string of the molecule is O=C(Cc1ccc(Br)cc1)c1c[nH]c2ncccc12. The molecule has 0 spiro atoms. The number of nitrogens with one attached hydrogen (secondary N) is 1. The Hall–Kier alpha value is -1.94. The zero-order chi connectivity index (χ0) is 13.2. The molecule has 19 heavy (non-hydrogen) atoms. The number of benzene rings is 1. The highest BCUT2D eigenvalue weighted by Gasteiger charge is 2.12. The number of aromatic nitrogens is 2. The lowest BCUT2D eigenvalue weighted by Gasteiger charge is -2.00. The zero-order valence-corrected chi connectivity index (χ0v) is 11.6. The van der Waals surface area contributed by atoms with Gasteiger partial charge in [-0.15, -0.1) is 0 Å². The van der Waals surface area contributed by atoms with Gasteiger partial charge in [0.25, 0.3) is 0 Å². The van der Waals surface area contributed by atoms with Gasteiger partial charge in [-0.05, 0) is 29.8 Å².